The van der Waals surface area contributed by atoms with E-state index in [0.717, 1.165) is 34.8 Å². The van der Waals surface area contributed by atoms with Crippen LogP contribution in [0.3, 0.4) is 0 Å². The molecule has 13 heteroatoms. The van der Waals surface area contributed by atoms with Crippen LogP contribution in [-0.4, -0.2) is 70.7 Å². The van der Waals surface area contributed by atoms with Gasteiger partial charge in [0.25, 0.3) is 5.91 Å². The molecule has 0 atom stereocenters. The minimum atomic E-state index is -4.88. The minimum Gasteiger partial charge on any atom is -0.406 e. The molecule has 8 nitrogen and oxygen atoms in total. The zero-order valence-corrected chi connectivity index (χ0v) is 18.4. The summed E-state index contributed by atoms with van der Waals surface area (Å²) in [4.78, 5) is 13.9. The van der Waals surface area contributed by atoms with E-state index in [1.807, 2.05) is 0 Å². The molecule has 0 saturated carbocycles. The Hall–Kier alpha value is -2.64. The largest absolute Gasteiger partial charge is 0.573 e. The van der Waals surface area contributed by atoms with E-state index in [1.54, 1.807) is 0 Å². The van der Waals surface area contributed by atoms with Crippen molar-refractivity contribution in [1.29, 1.82) is 0 Å². The fraction of sp³-hybridized carbons (Fsp3) is 0.316. The van der Waals surface area contributed by atoms with Crippen molar-refractivity contribution >= 4 is 25.8 Å². The molecule has 1 heterocycles. The van der Waals surface area contributed by atoms with Gasteiger partial charge in [-0.1, -0.05) is 6.07 Å². The second-order valence-electron chi connectivity index (χ2n) is 7.02. The molecule has 1 aliphatic heterocycles. The van der Waals surface area contributed by atoms with Crippen LogP contribution in [0.15, 0.2) is 58.3 Å². The van der Waals surface area contributed by atoms with Crippen LogP contribution in [0.2, 0.25) is 0 Å². The molecule has 2 aromatic carbocycles. The highest BCUT2D eigenvalue weighted by Crippen LogP contribution is 2.25. The van der Waals surface area contributed by atoms with Crippen molar-refractivity contribution in [3.63, 3.8) is 0 Å². The molecule has 0 aliphatic carbocycles. The molecule has 0 aromatic heterocycles. The van der Waals surface area contributed by atoms with Gasteiger partial charge in [0.1, 0.15) is 5.75 Å². The van der Waals surface area contributed by atoms with E-state index in [2.05, 4.69) is 4.74 Å². The van der Waals surface area contributed by atoms with Gasteiger partial charge in [-0.2, -0.15) is 4.31 Å². The van der Waals surface area contributed by atoms with Gasteiger partial charge in [0.2, 0.25) is 10.0 Å². The molecule has 1 amide bonds. The van der Waals surface area contributed by atoms with E-state index < -0.39 is 37.9 Å². The summed E-state index contributed by atoms with van der Waals surface area (Å²) in [5.41, 5.74) is 0.171. The first-order valence-corrected chi connectivity index (χ1v) is 12.6. The summed E-state index contributed by atoms with van der Waals surface area (Å²) in [5, 5.41) is 0. The Kier molecular flexibility index (Phi) is 6.54. The Morgan fingerprint density at radius 2 is 1.50 bits per heavy atom. The maximum atomic E-state index is 12.8. The lowest BCUT2D eigenvalue weighted by Crippen LogP contribution is -2.50. The molecule has 0 unspecified atom stereocenters. The maximum absolute atomic E-state index is 12.8. The molecule has 2 aromatic rings. The molecule has 1 saturated heterocycles. The zero-order chi connectivity index (χ0) is 23.7. The van der Waals surface area contributed by atoms with Gasteiger partial charge < -0.3 is 9.64 Å². The van der Waals surface area contributed by atoms with Crippen LogP contribution in [-0.2, 0) is 19.9 Å². The SMILES string of the molecule is CS(=O)(=O)c1cccc(C(=O)N2CCN(S(=O)(=O)c3ccc(OC(F)(F)F)cc3)CC2)c1. The molecular weight excluding hydrogens is 473 g/mol. The normalized spacial score (nSPS) is 16.1. The van der Waals surface area contributed by atoms with Crippen LogP contribution in [0.4, 0.5) is 13.2 Å². The van der Waals surface area contributed by atoms with Crippen molar-refractivity contribution in [2.75, 3.05) is 32.4 Å². The number of sulfone groups is 1. The molecule has 3 rings (SSSR count). The van der Waals surface area contributed by atoms with E-state index in [4.69, 9.17) is 0 Å². The van der Waals surface area contributed by atoms with Gasteiger partial charge in [0.15, 0.2) is 9.84 Å². The predicted octanol–water partition coefficient (Wildman–Crippen LogP) is 2.14. The van der Waals surface area contributed by atoms with Gasteiger partial charge in [-0.05, 0) is 42.5 Å². The fourth-order valence-electron chi connectivity index (χ4n) is 3.14. The average molecular weight is 492 g/mol. The first-order chi connectivity index (χ1) is 14.8. The summed E-state index contributed by atoms with van der Waals surface area (Å²) in [6.07, 6.45) is -3.86. The van der Waals surface area contributed by atoms with Gasteiger partial charge >= 0.3 is 6.36 Å². The molecule has 174 valence electrons. The van der Waals surface area contributed by atoms with Gasteiger partial charge in [-0.15, -0.1) is 13.2 Å². The number of carbonyl (C=O) groups excluding carboxylic acids is 1. The number of ether oxygens (including phenoxy) is 1. The monoisotopic (exact) mass is 492 g/mol. The van der Waals surface area contributed by atoms with Gasteiger partial charge in [-0.3, -0.25) is 4.79 Å². The summed E-state index contributed by atoms with van der Waals surface area (Å²) in [5.74, 6) is -0.968. The van der Waals surface area contributed by atoms with Gasteiger partial charge in [-0.25, -0.2) is 16.8 Å². The minimum absolute atomic E-state index is 0.00233. The Morgan fingerprint density at radius 1 is 0.906 bits per heavy atom. The number of sulfonamides is 1. The number of benzene rings is 2. The highest BCUT2D eigenvalue weighted by molar-refractivity contribution is 7.90. The number of nitrogens with zero attached hydrogens (tertiary/aromatic N) is 2. The number of rotatable bonds is 5. The molecule has 0 N–H and O–H groups in total. The summed E-state index contributed by atoms with van der Waals surface area (Å²) in [7, 11) is -7.47. The quantitative estimate of drug-likeness (QED) is 0.634. The van der Waals surface area contributed by atoms with Crippen LogP contribution in [0.25, 0.3) is 0 Å². The highest BCUT2D eigenvalue weighted by atomic mass is 32.2. The number of hydrogen-bond donors (Lipinski definition) is 0. The lowest BCUT2D eigenvalue weighted by atomic mass is 10.2. The first-order valence-electron chi connectivity index (χ1n) is 9.23. The van der Waals surface area contributed by atoms with E-state index in [1.165, 1.54) is 29.2 Å². The standard InChI is InChI=1S/C19H19F3N2O6S2/c1-31(26,27)17-4-2-3-14(13-17)18(25)23-9-11-24(12-10-23)32(28,29)16-7-5-15(6-8-16)30-19(20,21)22/h2-8,13H,9-12H2,1H3. The number of amides is 1. The first kappa shape index (κ1) is 24.0. The molecule has 0 radical (unpaired) electrons. The van der Waals surface area contributed by atoms with Crippen molar-refractivity contribution in [2.45, 2.75) is 16.2 Å². The number of alkyl halides is 3. The van der Waals surface area contributed by atoms with Crippen molar-refractivity contribution in [2.24, 2.45) is 0 Å². The number of hydrogen-bond acceptors (Lipinski definition) is 6. The lowest BCUT2D eigenvalue weighted by Gasteiger charge is -2.34. The topological polar surface area (TPSA) is 101 Å². The second-order valence-corrected chi connectivity index (χ2v) is 11.0. The molecule has 1 aliphatic rings. The van der Waals surface area contributed by atoms with Crippen molar-refractivity contribution in [1.82, 2.24) is 9.21 Å². The zero-order valence-electron chi connectivity index (χ0n) is 16.7. The third kappa shape index (κ3) is 5.58. The third-order valence-corrected chi connectivity index (χ3v) is 7.75. The Morgan fingerprint density at radius 3 is 2.03 bits per heavy atom. The predicted molar refractivity (Wildman–Crippen MR) is 107 cm³/mol. The van der Waals surface area contributed by atoms with Crippen molar-refractivity contribution in [3.8, 4) is 5.75 Å². The summed E-state index contributed by atoms with van der Waals surface area (Å²) in [6.45, 7) is 0.0775. The molecule has 0 spiro atoms. The van der Waals surface area contributed by atoms with E-state index in [0.29, 0.717) is 0 Å². The van der Waals surface area contributed by atoms with Crippen LogP contribution < -0.4 is 4.74 Å². The Labute approximate surface area is 183 Å². The summed E-state index contributed by atoms with van der Waals surface area (Å²) < 4.78 is 90.6. The Bertz CT molecular complexity index is 1200. The molecule has 32 heavy (non-hydrogen) atoms. The number of carbonyl (C=O) groups is 1. The van der Waals surface area contributed by atoms with Crippen molar-refractivity contribution < 1.29 is 39.5 Å². The van der Waals surface area contributed by atoms with Crippen LogP contribution in [0.1, 0.15) is 10.4 Å². The summed E-state index contributed by atoms with van der Waals surface area (Å²) in [6, 6.07) is 9.44. The summed E-state index contributed by atoms with van der Waals surface area (Å²) >= 11 is 0. The fourth-order valence-corrected chi connectivity index (χ4v) is 5.23. The smallest absolute Gasteiger partial charge is 0.406 e. The molecule has 0 bridgehead atoms. The van der Waals surface area contributed by atoms with Crippen LogP contribution in [0.5, 0.6) is 5.75 Å². The van der Waals surface area contributed by atoms with Crippen LogP contribution in [0, 0.1) is 0 Å². The highest BCUT2D eigenvalue weighted by Gasteiger charge is 2.33. The third-order valence-electron chi connectivity index (χ3n) is 4.73. The van der Waals surface area contributed by atoms with E-state index in [9.17, 15) is 34.8 Å². The number of halogens is 3. The Balaban J connectivity index is 1.68. The lowest BCUT2D eigenvalue weighted by molar-refractivity contribution is -0.274. The maximum Gasteiger partial charge on any atom is 0.573 e. The van der Waals surface area contributed by atoms with E-state index in [-0.39, 0.29) is 41.5 Å². The van der Waals surface area contributed by atoms with Crippen molar-refractivity contribution in [3.05, 3.63) is 54.1 Å². The number of piperazine rings is 1. The average Bonchev–Trinajstić information content (AvgIpc) is 2.72. The van der Waals surface area contributed by atoms with Crippen LogP contribution >= 0.6 is 0 Å². The van der Waals surface area contributed by atoms with Gasteiger partial charge in [0, 0.05) is 38.0 Å². The molecule has 1 fully saturated rings. The van der Waals surface area contributed by atoms with Gasteiger partial charge in [0.05, 0.1) is 9.79 Å². The second kappa shape index (κ2) is 8.71. The molecular formula is C19H19F3N2O6S2. The van der Waals surface area contributed by atoms with E-state index >= 15 is 0 Å².